The zero-order valence-corrected chi connectivity index (χ0v) is 17.4. The van der Waals surface area contributed by atoms with Crippen LogP contribution in [0.25, 0.3) is 17.2 Å². The Balaban J connectivity index is 1.20. The van der Waals surface area contributed by atoms with Gasteiger partial charge in [-0.2, -0.15) is 0 Å². The van der Waals surface area contributed by atoms with E-state index in [0.29, 0.717) is 37.0 Å². The number of piperidine rings is 1. The molecule has 164 valence electrons. The van der Waals surface area contributed by atoms with Crippen LogP contribution >= 0.6 is 0 Å². The fourth-order valence-corrected chi connectivity index (χ4v) is 3.53. The van der Waals surface area contributed by atoms with Crippen LogP contribution in [0.5, 0.6) is 0 Å². The molecule has 3 aromatic rings. The molecule has 2 amide bonds. The van der Waals surface area contributed by atoms with E-state index in [1.54, 1.807) is 11.0 Å². The molecule has 1 aliphatic rings. The van der Waals surface area contributed by atoms with Crippen LogP contribution in [0.1, 0.15) is 18.7 Å². The van der Waals surface area contributed by atoms with Crippen molar-refractivity contribution in [2.45, 2.75) is 12.8 Å². The Labute approximate surface area is 184 Å². The summed E-state index contributed by atoms with van der Waals surface area (Å²) in [5.41, 5.74) is 2.07. The molecule has 8 heteroatoms. The number of hydrogen-bond acceptors (Lipinski definition) is 6. The number of rotatable bonds is 6. The summed E-state index contributed by atoms with van der Waals surface area (Å²) in [5, 5.41) is 2.90. The molecule has 0 bridgehead atoms. The molecule has 2 aromatic carbocycles. The highest BCUT2D eigenvalue weighted by Crippen LogP contribution is 2.20. The molecule has 1 saturated heterocycles. The Morgan fingerprint density at radius 3 is 2.53 bits per heavy atom. The number of fused-ring (bicyclic) bond motifs is 1. The van der Waals surface area contributed by atoms with Gasteiger partial charge in [0.1, 0.15) is 5.52 Å². The molecule has 8 nitrogen and oxygen atoms in total. The van der Waals surface area contributed by atoms with Gasteiger partial charge in [0.15, 0.2) is 12.2 Å². The number of oxazole rings is 1. The van der Waals surface area contributed by atoms with E-state index in [1.165, 1.54) is 12.2 Å². The second kappa shape index (κ2) is 9.91. The number of nitrogens with zero attached hydrogens (tertiary/aromatic N) is 2. The summed E-state index contributed by atoms with van der Waals surface area (Å²) < 4.78 is 10.5. The first kappa shape index (κ1) is 21.3. The maximum Gasteiger partial charge on any atom is 0.331 e. The average Bonchev–Trinajstić information content (AvgIpc) is 3.25. The standard InChI is InChI=1S/C24H23N3O5/c28-22(16-31-23(29)11-10-21-26-19-8-4-5-9-20(19)32-21)27-14-12-17(13-15-27)24(30)25-18-6-2-1-3-7-18/h1-11,17H,12-16H2,(H,25,30)/b11-10+. The predicted octanol–water partition coefficient (Wildman–Crippen LogP) is 3.26. The molecular weight excluding hydrogens is 410 g/mol. The Kier molecular flexibility index (Phi) is 6.60. The van der Waals surface area contributed by atoms with Gasteiger partial charge in [-0.1, -0.05) is 30.3 Å². The van der Waals surface area contributed by atoms with Gasteiger partial charge >= 0.3 is 5.97 Å². The minimum absolute atomic E-state index is 0.0425. The van der Waals surface area contributed by atoms with E-state index in [1.807, 2.05) is 48.5 Å². The number of aromatic nitrogens is 1. The van der Waals surface area contributed by atoms with Gasteiger partial charge in [0.2, 0.25) is 11.8 Å². The number of ether oxygens (including phenoxy) is 1. The SMILES string of the molecule is O=C(/C=C/c1nc2ccccc2o1)OCC(=O)N1CCC(C(=O)Nc2ccccc2)CC1. The van der Waals surface area contributed by atoms with E-state index in [0.717, 1.165) is 5.69 Å². The molecule has 0 unspecified atom stereocenters. The lowest BCUT2D eigenvalue weighted by Gasteiger charge is -2.31. The summed E-state index contributed by atoms with van der Waals surface area (Å²) in [4.78, 5) is 42.5. The quantitative estimate of drug-likeness (QED) is 0.473. The van der Waals surface area contributed by atoms with Crippen LogP contribution in [-0.2, 0) is 19.1 Å². The van der Waals surface area contributed by atoms with Crippen molar-refractivity contribution in [1.29, 1.82) is 0 Å². The van der Waals surface area contributed by atoms with Crippen molar-refractivity contribution in [2.24, 2.45) is 5.92 Å². The number of para-hydroxylation sites is 3. The van der Waals surface area contributed by atoms with E-state index in [2.05, 4.69) is 10.3 Å². The van der Waals surface area contributed by atoms with Crippen molar-refractivity contribution < 1.29 is 23.5 Å². The van der Waals surface area contributed by atoms with Crippen LogP contribution < -0.4 is 5.32 Å². The first-order valence-electron chi connectivity index (χ1n) is 10.4. The molecule has 1 fully saturated rings. The van der Waals surface area contributed by atoms with Crippen LogP contribution in [0.3, 0.4) is 0 Å². The fraction of sp³-hybridized carbons (Fsp3) is 0.250. The zero-order valence-electron chi connectivity index (χ0n) is 17.4. The lowest BCUT2D eigenvalue weighted by atomic mass is 9.95. The maximum absolute atomic E-state index is 12.4. The largest absolute Gasteiger partial charge is 0.452 e. The molecule has 0 saturated carbocycles. The second-order valence-electron chi connectivity index (χ2n) is 7.47. The zero-order chi connectivity index (χ0) is 22.3. The average molecular weight is 433 g/mol. The number of esters is 1. The van der Waals surface area contributed by atoms with Crippen molar-refractivity contribution in [3.63, 3.8) is 0 Å². The van der Waals surface area contributed by atoms with E-state index in [4.69, 9.17) is 9.15 Å². The molecule has 0 aliphatic carbocycles. The van der Waals surface area contributed by atoms with Crippen molar-refractivity contribution in [1.82, 2.24) is 9.88 Å². The summed E-state index contributed by atoms with van der Waals surface area (Å²) in [6, 6.07) is 16.6. The number of anilines is 1. The number of carbonyl (C=O) groups is 3. The van der Waals surface area contributed by atoms with Crippen LogP contribution in [0, 0.1) is 5.92 Å². The third-order valence-electron chi connectivity index (χ3n) is 5.27. The summed E-state index contributed by atoms with van der Waals surface area (Å²) in [5.74, 6) is -0.848. The molecule has 1 aliphatic heterocycles. The van der Waals surface area contributed by atoms with Crippen molar-refractivity contribution >= 4 is 40.6 Å². The molecule has 0 spiro atoms. The molecule has 0 atom stereocenters. The molecule has 0 radical (unpaired) electrons. The van der Waals surface area contributed by atoms with Crippen molar-refractivity contribution in [3.8, 4) is 0 Å². The summed E-state index contributed by atoms with van der Waals surface area (Å²) in [6.07, 6.45) is 3.72. The van der Waals surface area contributed by atoms with E-state index >= 15 is 0 Å². The number of likely N-dealkylation sites (tertiary alicyclic amines) is 1. The molecule has 4 rings (SSSR count). The van der Waals surface area contributed by atoms with E-state index in [-0.39, 0.29) is 30.2 Å². The lowest BCUT2D eigenvalue weighted by molar-refractivity contribution is -0.149. The minimum Gasteiger partial charge on any atom is -0.452 e. The summed E-state index contributed by atoms with van der Waals surface area (Å²) in [7, 11) is 0. The minimum atomic E-state index is -0.655. The maximum atomic E-state index is 12.4. The van der Waals surface area contributed by atoms with E-state index in [9.17, 15) is 14.4 Å². The molecule has 2 heterocycles. The van der Waals surface area contributed by atoms with Crippen LogP contribution in [0.15, 0.2) is 65.1 Å². The van der Waals surface area contributed by atoms with Gasteiger partial charge in [-0.15, -0.1) is 0 Å². The first-order valence-corrected chi connectivity index (χ1v) is 10.4. The third-order valence-corrected chi connectivity index (χ3v) is 5.27. The van der Waals surface area contributed by atoms with Gasteiger partial charge < -0.3 is 19.4 Å². The first-order chi connectivity index (χ1) is 15.6. The van der Waals surface area contributed by atoms with Gasteiger partial charge in [-0.25, -0.2) is 9.78 Å². The van der Waals surface area contributed by atoms with Gasteiger partial charge in [0, 0.05) is 36.8 Å². The van der Waals surface area contributed by atoms with Gasteiger partial charge in [-0.3, -0.25) is 9.59 Å². The van der Waals surface area contributed by atoms with Crippen molar-refractivity contribution in [3.05, 3.63) is 66.6 Å². The number of nitrogens with one attached hydrogen (secondary N) is 1. The molecule has 1 aromatic heterocycles. The van der Waals surface area contributed by atoms with Crippen LogP contribution in [0.2, 0.25) is 0 Å². The Morgan fingerprint density at radius 2 is 1.78 bits per heavy atom. The summed E-state index contributed by atoms with van der Waals surface area (Å²) >= 11 is 0. The molecule has 1 N–H and O–H groups in total. The van der Waals surface area contributed by atoms with Crippen LogP contribution in [0.4, 0.5) is 5.69 Å². The highest BCUT2D eigenvalue weighted by Gasteiger charge is 2.27. The van der Waals surface area contributed by atoms with E-state index < -0.39 is 5.97 Å². The molecule has 32 heavy (non-hydrogen) atoms. The van der Waals surface area contributed by atoms with Gasteiger partial charge in [-0.05, 0) is 37.1 Å². The Morgan fingerprint density at radius 1 is 1.06 bits per heavy atom. The highest BCUT2D eigenvalue weighted by atomic mass is 16.5. The number of benzene rings is 2. The Hall–Kier alpha value is -3.94. The van der Waals surface area contributed by atoms with Gasteiger partial charge in [0.25, 0.3) is 5.91 Å². The lowest BCUT2D eigenvalue weighted by Crippen LogP contribution is -2.43. The summed E-state index contributed by atoms with van der Waals surface area (Å²) in [6.45, 7) is 0.543. The van der Waals surface area contributed by atoms with Crippen molar-refractivity contribution in [2.75, 3.05) is 25.0 Å². The molecular formula is C24H23N3O5. The normalized spacial score (nSPS) is 14.6. The number of carbonyl (C=O) groups excluding carboxylic acids is 3. The topological polar surface area (TPSA) is 102 Å². The third kappa shape index (κ3) is 5.40. The number of hydrogen-bond donors (Lipinski definition) is 1. The van der Waals surface area contributed by atoms with Crippen LogP contribution in [-0.4, -0.2) is 47.4 Å². The predicted molar refractivity (Wildman–Crippen MR) is 118 cm³/mol. The fourth-order valence-electron chi connectivity index (χ4n) is 3.53. The highest BCUT2D eigenvalue weighted by molar-refractivity contribution is 5.93. The van der Waals surface area contributed by atoms with Gasteiger partial charge in [0.05, 0.1) is 0 Å². The monoisotopic (exact) mass is 433 g/mol. The Bertz CT molecular complexity index is 1100. The second-order valence-corrected chi connectivity index (χ2v) is 7.47. The smallest absolute Gasteiger partial charge is 0.331 e. The number of amides is 2.